The Morgan fingerprint density at radius 1 is 1.15 bits per heavy atom. The first-order valence-corrected chi connectivity index (χ1v) is 11.3. The molecule has 1 fully saturated rings. The lowest BCUT2D eigenvalue weighted by atomic mass is 9.82. The summed E-state index contributed by atoms with van der Waals surface area (Å²) >= 11 is 0. The van der Waals surface area contributed by atoms with E-state index in [1.165, 1.54) is 6.92 Å². The van der Waals surface area contributed by atoms with Crippen LogP contribution in [0, 0.1) is 11.7 Å². The molecule has 2 aromatic rings. The van der Waals surface area contributed by atoms with Crippen molar-refractivity contribution in [2.24, 2.45) is 5.92 Å². The molecule has 2 atom stereocenters. The van der Waals surface area contributed by atoms with Crippen LogP contribution < -0.4 is 4.74 Å². The van der Waals surface area contributed by atoms with E-state index in [4.69, 9.17) is 4.74 Å². The number of likely N-dealkylation sites (tertiary alicyclic amines) is 1. The van der Waals surface area contributed by atoms with E-state index in [2.05, 4.69) is 0 Å². The van der Waals surface area contributed by atoms with Gasteiger partial charge in [0, 0.05) is 25.2 Å². The number of aliphatic hydroxyl groups excluding tert-OH is 1. The van der Waals surface area contributed by atoms with Crippen molar-refractivity contribution in [3.63, 3.8) is 0 Å². The zero-order valence-electron chi connectivity index (χ0n) is 18.7. The number of carboxylic acids is 1. The van der Waals surface area contributed by atoms with E-state index in [1.807, 2.05) is 11.0 Å². The summed E-state index contributed by atoms with van der Waals surface area (Å²) in [7, 11) is 0. The van der Waals surface area contributed by atoms with Crippen LogP contribution in [0.3, 0.4) is 0 Å². The lowest BCUT2D eigenvalue weighted by molar-refractivity contribution is -0.145. The third-order valence-corrected chi connectivity index (χ3v) is 7.01. The second kappa shape index (κ2) is 9.19. The molecule has 2 heterocycles. The number of hydrogen-bond acceptors (Lipinski definition) is 4. The van der Waals surface area contributed by atoms with Crippen molar-refractivity contribution < 1.29 is 37.3 Å². The molecule has 2 aromatic carbocycles. The molecule has 0 aromatic heterocycles. The molecule has 2 aliphatic heterocycles. The molecule has 4 rings (SSSR count). The lowest BCUT2D eigenvalue weighted by Crippen LogP contribution is -2.49. The Balaban J connectivity index is 1.43. The van der Waals surface area contributed by atoms with Crippen molar-refractivity contribution in [3.05, 3.63) is 64.5 Å². The van der Waals surface area contributed by atoms with Gasteiger partial charge in [-0.05, 0) is 68.0 Å². The smallest absolute Gasteiger partial charge is 0.416 e. The number of carbonyl (C=O) groups is 1. The number of fused-ring (bicyclic) bond motifs is 1. The zero-order valence-corrected chi connectivity index (χ0v) is 18.7. The summed E-state index contributed by atoms with van der Waals surface area (Å²) in [4.78, 5) is 13.1. The minimum atomic E-state index is -4.52. The highest BCUT2D eigenvalue weighted by Crippen LogP contribution is 2.41. The number of benzene rings is 2. The highest BCUT2D eigenvalue weighted by Gasteiger charge is 2.40. The first-order chi connectivity index (χ1) is 16.0. The van der Waals surface area contributed by atoms with Crippen LogP contribution in [0.2, 0.25) is 0 Å². The van der Waals surface area contributed by atoms with Gasteiger partial charge in [0.15, 0.2) is 0 Å². The summed E-state index contributed by atoms with van der Waals surface area (Å²) in [5.41, 5.74) is 0.172. The third kappa shape index (κ3) is 5.05. The molecule has 0 amide bonds. The van der Waals surface area contributed by atoms with E-state index in [9.17, 15) is 32.6 Å². The van der Waals surface area contributed by atoms with Gasteiger partial charge in [0.2, 0.25) is 0 Å². The molecule has 2 N–H and O–H groups in total. The predicted octanol–water partition coefficient (Wildman–Crippen LogP) is 4.96. The minimum Gasteiger partial charge on any atom is -0.487 e. The molecule has 184 valence electrons. The Labute approximate surface area is 195 Å². The van der Waals surface area contributed by atoms with Gasteiger partial charge in [-0.3, -0.25) is 9.69 Å². The molecule has 0 saturated carbocycles. The van der Waals surface area contributed by atoms with Crippen LogP contribution in [0.25, 0.3) is 0 Å². The van der Waals surface area contributed by atoms with E-state index in [0.29, 0.717) is 37.2 Å². The quantitative estimate of drug-likeness (QED) is 0.591. The van der Waals surface area contributed by atoms with Gasteiger partial charge in [-0.25, -0.2) is 4.39 Å². The summed E-state index contributed by atoms with van der Waals surface area (Å²) in [5.74, 6) is -2.09. The third-order valence-electron chi connectivity index (χ3n) is 7.01. The maximum absolute atomic E-state index is 14.2. The van der Waals surface area contributed by atoms with Crippen molar-refractivity contribution in [3.8, 4) is 5.75 Å². The second-order valence-electron chi connectivity index (χ2n) is 9.30. The Morgan fingerprint density at radius 2 is 1.85 bits per heavy atom. The summed E-state index contributed by atoms with van der Waals surface area (Å²) < 4.78 is 59.5. The van der Waals surface area contributed by atoms with Crippen LogP contribution in [0.15, 0.2) is 36.4 Å². The molecular weight excluding hydrogens is 454 g/mol. The van der Waals surface area contributed by atoms with Gasteiger partial charge in [-0.2, -0.15) is 13.2 Å². The SMILES string of the molecule is C[C@H](C(=O)O)[C@@H](O)c1ccc2c(c1)OC1(CC2)CCN(Cc2cc(C(F)(F)F)ccc2F)CC1. The van der Waals surface area contributed by atoms with Gasteiger partial charge < -0.3 is 14.9 Å². The molecular formula is C25H27F4NO4. The van der Waals surface area contributed by atoms with Crippen molar-refractivity contribution in [1.82, 2.24) is 4.90 Å². The average molecular weight is 481 g/mol. The number of nitrogens with zero attached hydrogens (tertiary/aromatic N) is 1. The average Bonchev–Trinajstić information content (AvgIpc) is 2.79. The van der Waals surface area contributed by atoms with Gasteiger partial charge in [-0.15, -0.1) is 0 Å². The Hall–Kier alpha value is -2.65. The molecule has 0 unspecified atom stereocenters. The Bertz CT molecular complexity index is 1060. The normalized spacial score (nSPS) is 19.8. The number of carboxylic acid groups (broad SMARTS) is 1. The summed E-state index contributed by atoms with van der Waals surface area (Å²) in [6.45, 7) is 2.62. The fourth-order valence-corrected chi connectivity index (χ4v) is 4.71. The predicted molar refractivity (Wildman–Crippen MR) is 116 cm³/mol. The van der Waals surface area contributed by atoms with Crippen LogP contribution in [0.1, 0.15) is 54.5 Å². The van der Waals surface area contributed by atoms with Crippen molar-refractivity contribution >= 4 is 5.97 Å². The monoisotopic (exact) mass is 481 g/mol. The van der Waals surface area contributed by atoms with E-state index in [1.54, 1.807) is 12.1 Å². The number of rotatable bonds is 5. The van der Waals surface area contributed by atoms with Crippen LogP contribution in [-0.4, -0.2) is 39.8 Å². The number of aliphatic carboxylic acids is 1. The molecule has 0 aliphatic carbocycles. The lowest BCUT2D eigenvalue weighted by Gasteiger charge is -2.45. The largest absolute Gasteiger partial charge is 0.487 e. The number of aliphatic hydroxyl groups is 1. The van der Waals surface area contributed by atoms with Crippen molar-refractivity contribution in [2.45, 2.75) is 57.0 Å². The van der Waals surface area contributed by atoms with Crippen LogP contribution >= 0.6 is 0 Å². The number of piperidine rings is 1. The standard InChI is InChI=1S/C25H27F4NO4/c1-15(23(32)33)22(31)17-3-2-16-6-7-24(34-21(16)13-17)8-10-30(11-9-24)14-18-12-19(25(27,28)29)4-5-20(18)26/h2-5,12-13,15,22,31H,6-11,14H2,1H3,(H,32,33)/t15-,22+/m0/s1. The number of hydrogen-bond donors (Lipinski definition) is 2. The number of halogens is 4. The highest BCUT2D eigenvalue weighted by molar-refractivity contribution is 5.70. The minimum absolute atomic E-state index is 0.0202. The maximum Gasteiger partial charge on any atom is 0.416 e. The van der Waals surface area contributed by atoms with Crippen LogP contribution in [0.4, 0.5) is 17.6 Å². The van der Waals surface area contributed by atoms with Gasteiger partial charge in [-0.1, -0.05) is 12.1 Å². The molecule has 0 radical (unpaired) electrons. The van der Waals surface area contributed by atoms with Gasteiger partial charge in [0.05, 0.1) is 17.6 Å². The summed E-state index contributed by atoms with van der Waals surface area (Å²) in [5, 5.41) is 19.6. The molecule has 0 bridgehead atoms. The van der Waals surface area contributed by atoms with E-state index in [0.717, 1.165) is 36.6 Å². The number of aryl methyl sites for hydroxylation is 1. The zero-order chi connectivity index (χ0) is 24.7. The molecule has 1 saturated heterocycles. The Kier molecular flexibility index (Phi) is 6.61. The summed E-state index contributed by atoms with van der Waals surface area (Å²) in [6.07, 6.45) is -2.88. The highest BCUT2D eigenvalue weighted by atomic mass is 19.4. The van der Waals surface area contributed by atoms with Crippen LogP contribution in [0.5, 0.6) is 5.75 Å². The van der Waals surface area contributed by atoms with E-state index in [-0.39, 0.29) is 12.1 Å². The number of alkyl halides is 3. The molecule has 2 aliphatic rings. The van der Waals surface area contributed by atoms with Gasteiger partial charge in [0.1, 0.15) is 17.2 Å². The van der Waals surface area contributed by atoms with Crippen molar-refractivity contribution in [2.75, 3.05) is 13.1 Å². The second-order valence-corrected chi connectivity index (χ2v) is 9.30. The maximum atomic E-state index is 14.2. The molecule has 1 spiro atoms. The molecule has 34 heavy (non-hydrogen) atoms. The first-order valence-electron chi connectivity index (χ1n) is 11.3. The Morgan fingerprint density at radius 3 is 2.50 bits per heavy atom. The first kappa shape index (κ1) is 24.5. The van der Waals surface area contributed by atoms with Gasteiger partial charge in [0.25, 0.3) is 0 Å². The fourth-order valence-electron chi connectivity index (χ4n) is 4.71. The van der Waals surface area contributed by atoms with Crippen LogP contribution in [-0.2, 0) is 23.9 Å². The van der Waals surface area contributed by atoms with E-state index < -0.39 is 41.1 Å². The van der Waals surface area contributed by atoms with Gasteiger partial charge >= 0.3 is 12.1 Å². The fraction of sp³-hybridized carbons (Fsp3) is 0.480. The topological polar surface area (TPSA) is 70.0 Å². The summed E-state index contributed by atoms with van der Waals surface area (Å²) in [6, 6.07) is 7.75. The number of ether oxygens (including phenoxy) is 1. The molecule has 9 heteroatoms. The van der Waals surface area contributed by atoms with E-state index >= 15 is 0 Å². The molecule has 5 nitrogen and oxygen atoms in total. The van der Waals surface area contributed by atoms with Crippen molar-refractivity contribution in [1.29, 1.82) is 0 Å².